The molecule has 1 aromatic carbocycles. The molecule has 0 saturated heterocycles. The Bertz CT molecular complexity index is 702. The third kappa shape index (κ3) is 1.64. The monoisotopic (exact) mass is 308 g/mol. The van der Waals surface area contributed by atoms with Crippen LogP contribution in [0.25, 0.3) is 0 Å². The van der Waals surface area contributed by atoms with Crippen molar-refractivity contribution < 1.29 is 9.47 Å². The molecule has 5 atom stereocenters. The number of hydrogen-bond donors (Lipinski definition) is 0. The maximum atomic E-state index is 6.28. The highest BCUT2D eigenvalue weighted by atomic mass is 16.7. The van der Waals surface area contributed by atoms with Crippen molar-refractivity contribution >= 4 is 0 Å². The fraction of sp³-hybridized carbons (Fsp3) is 0.619. The molecule has 0 amide bonds. The van der Waals surface area contributed by atoms with Crippen molar-refractivity contribution in [3.05, 3.63) is 29.3 Å². The zero-order valence-electron chi connectivity index (χ0n) is 13.8. The second-order valence-corrected chi connectivity index (χ2v) is 8.15. The number of hydrogen-bond acceptors (Lipinski definition) is 2. The maximum absolute atomic E-state index is 6.28. The van der Waals surface area contributed by atoms with Crippen molar-refractivity contribution in [2.75, 3.05) is 6.79 Å². The summed E-state index contributed by atoms with van der Waals surface area (Å²) in [4.78, 5) is 0. The first-order valence-corrected chi connectivity index (χ1v) is 9.04. The third-order valence-electron chi connectivity index (χ3n) is 7.58. The van der Waals surface area contributed by atoms with Crippen LogP contribution >= 0.6 is 0 Å². The van der Waals surface area contributed by atoms with E-state index in [1.807, 2.05) is 0 Å². The molecule has 8 bridgehead atoms. The standard InChI is InChI=1S/C21H24O2/c1-3-21-11-9-19-18-6-4-14-12-15(22-13-23-21)5-7-16(14)17(18)8-10-20(19,21)2/h1,5,7,12,17-19H,4,6,8-11,13H2,2H3/t17?,18-,19-,20-,21-/m0/s1. The summed E-state index contributed by atoms with van der Waals surface area (Å²) in [5.41, 5.74) is 2.73. The van der Waals surface area contributed by atoms with Crippen LogP contribution in [-0.4, -0.2) is 12.4 Å². The SMILES string of the molecule is C#C[C@]12CC[C@H]3[C@H]4CCc5cc(ccc5C4CC[C@@]31C)OCO2. The molecule has 8 rings (SSSR count). The van der Waals surface area contributed by atoms with Crippen LogP contribution in [0.2, 0.25) is 0 Å². The molecule has 1 aromatic rings. The van der Waals surface area contributed by atoms with Gasteiger partial charge in [0.15, 0.2) is 6.79 Å². The summed E-state index contributed by atoms with van der Waals surface area (Å²) in [5, 5.41) is 0. The van der Waals surface area contributed by atoms with Gasteiger partial charge >= 0.3 is 0 Å². The van der Waals surface area contributed by atoms with E-state index >= 15 is 0 Å². The minimum Gasteiger partial charge on any atom is -0.467 e. The van der Waals surface area contributed by atoms with Gasteiger partial charge in [-0.15, -0.1) is 6.42 Å². The molecule has 2 fully saturated rings. The first-order chi connectivity index (χ1) is 11.2. The minimum atomic E-state index is -0.444. The lowest BCUT2D eigenvalue weighted by atomic mass is 9.53. The summed E-state index contributed by atoms with van der Waals surface area (Å²) in [5.74, 6) is 6.16. The van der Waals surface area contributed by atoms with Crippen LogP contribution < -0.4 is 4.74 Å². The largest absolute Gasteiger partial charge is 0.467 e. The average molecular weight is 308 g/mol. The van der Waals surface area contributed by atoms with Crippen LogP contribution in [-0.2, 0) is 11.2 Å². The van der Waals surface area contributed by atoms with Gasteiger partial charge < -0.3 is 9.47 Å². The lowest BCUT2D eigenvalue weighted by molar-refractivity contribution is -0.146. The molecule has 0 aromatic heterocycles. The van der Waals surface area contributed by atoms with Gasteiger partial charge in [0.05, 0.1) is 0 Å². The number of aryl methyl sites for hydroxylation is 1. The second-order valence-electron chi connectivity index (χ2n) is 8.15. The van der Waals surface area contributed by atoms with E-state index in [4.69, 9.17) is 15.9 Å². The van der Waals surface area contributed by atoms with Crippen molar-refractivity contribution in [2.24, 2.45) is 17.3 Å². The van der Waals surface area contributed by atoms with Gasteiger partial charge in [-0.05, 0) is 79.5 Å². The lowest BCUT2D eigenvalue weighted by Gasteiger charge is -2.53. The number of fused-ring (bicyclic) bond motifs is 1. The quantitative estimate of drug-likeness (QED) is 0.666. The van der Waals surface area contributed by atoms with Gasteiger partial charge in [-0.2, -0.15) is 0 Å². The van der Waals surface area contributed by atoms with Gasteiger partial charge in [0.1, 0.15) is 11.4 Å². The Labute approximate surface area is 138 Å². The first kappa shape index (κ1) is 13.9. The van der Waals surface area contributed by atoms with Gasteiger partial charge in [-0.1, -0.05) is 18.9 Å². The summed E-state index contributed by atoms with van der Waals surface area (Å²) in [6.07, 6.45) is 13.1. The van der Waals surface area contributed by atoms with Gasteiger partial charge in [0.25, 0.3) is 0 Å². The van der Waals surface area contributed by atoms with Crippen LogP contribution in [0.3, 0.4) is 0 Å². The Morgan fingerprint density at radius 3 is 3.00 bits per heavy atom. The van der Waals surface area contributed by atoms with Crippen molar-refractivity contribution in [2.45, 2.75) is 57.0 Å². The average Bonchev–Trinajstić information content (AvgIpc) is 2.87. The summed E-state index contributed by atoms with van der Waals surface area (Å²) in [7, 11) is 0. The van der Waals surface area contributed by atoms with Crippen LogP contribution in [0, 0.1) is 29.6 Å². The van der Waals surface area contributed by atoms with Crippen molar-refractivity contribution in [1.29, 1.82) is 0 Å². The van der Waals surface area contributed by atoms with E-state index in [0.29, 0.717) is 11.8 Å². The molecule has 120 valence electrons. The van der Waals surface area contributed by atoms with Crippen molar-refractivity contribution in [3.8, 4) is 18.1 Å². The normalized spacial score (nSPS) is 43.6. The summed E-state index contributed by atoms with van der Waals surface area (Å²) in [6, 6.07) is 6.66. The summed E-state index contributed by atoms with van der Waals surface area (Å²) in [6.45, 7) is 2.66. The van der Waals surface area contributed by atoms with E-state index in [-0.39, 0.29) is 12.2 Å². The highest BCUT2D eigenvalue weighted by molar-refractivity contribution is 5.41. The van der Waals surface area contributed by atoms with Crippen LogP contribution in [0.15, 0.2) is 18.2 Å². The summed E-state index contributed by atoms with van der Waals surface area (Å²) < 4.78 is 12.2. The molecule has 1 unspecified atom stereocenters. The molecule has 2 saturated carbocycles. The highest BCUT2D eigenvalue weighted by Gasteiger charge is 2.62. The highest BCUT2D eigenvalue weighted by Crippen LogP contribution is 2.65. The number of benzene rings is 1. The number of ether oxygens (including phenoxy) is 2. The molecule has 4 aliphatic heterocycles. The van der Waals surface area contributed by atoms with E-state index in [2.05, 4.69) is 31.0 Å². The summed E-state index contributed by atoms with van der Waals surface area (Å²) >= 11 is 0. The Morgan fingerprint density at radius 1 is 1.22 bits per heavy atom. The van der Waals surface area contributed by atoms with Gasteiger partial charge in [0.2, 0.25) is 0 Å². The van der Waals surface area contributed by atoms with Gasteiger partial charge in [0, 0.05) is 5.41 Å². The van der Waals surface area contributed by atoms with Crippen LogP contribution in [0.1, 0.15) is 56.1 Å². The molecule has 0 spiro atoms. The molecule has 3 aliphatic carbocycles. The predicted molar refractivity (Wildman–Crippen MR) is 89.2 cm³/mol. The smallest absolute Gasteiger partial charge is 0.190 e. The minimum absolute atomic E-state index is 0.0981. The number of rotatable bonds is 0. The molecule has 0 N–H and O–H groups in total. The van der Waals surface area contributed by atoms with Crippen LogP contribution in [0.4, 0.5) is 0 Å². The number of terminal acetylenes is 1. The Hall–Kier alpha value is -1.46. The van der Waals surface area contributed by atoms with Crippen molar-refractivity contribution in [3.63, 3.8) is 0 Å². The Kier molecular flexibility index (Phi) is 2.75. The fourth-order valence-corrected chi connectivity index (χ4v) is 6.36. The Morgan fingerprint density at radius 2 is 2.13 bits per heavy atom. The molecular weight excluding hydrogens is 284 g/mol. The molecule has 0 radical (unpaired) electrons. The van der Waals surface area contributed by atoms with Crippen LogP contribution in [0.5, 0.6) is 5.75 Å². The molecular formula is C21H24O2. The lowest BCUT2D eigenvalue weighted by Crippen LogP contribution is -2.52. The first-order valence-electron chi connectivity index (χ1n) is 9.04. The topological polar surface area (TPSA) is 18.5 Å². The van der Waals surface area contributed by atoms with Gasteiger partial charge in [-0.25, -0.2) is 0 Å². The molecule has 2 heteroatoms. The fourth-order valence-electron chi connectivity index (χ4n) is 6.36. The zero-order chi connectivity index (χ0) is 15.7. The van der Waals surface area contributed by atoms with E-state index in [1.165, 1.54) is 37.7 Å². The van der Waals surface area contributed by atoms with E-state index in [9.17, 15) is 0 Å². The molecule has 7 aliphatic rings. The van der Waals surface area contributed by atoms with Gasteiger partial charge in [-0.3, -0.25) is 0 Å². The predicted octanol–water partition coefficient (Wildman–Crippen LogP) is 4.28. The second kappa shape index (κ2) is 4.54. The van der Waals surface area contributed by atoms with Crippen molar-refractivity contribution in [1.82, 2.24) is 0 Å². The Balaban J connectivity index is 1.70. The molecule has 2 nitrogen and oxygen atoms in total. The zero-order valence-corrected chi connectivity index (χ0v) is 13.8. The maximum Gasteiger partial charge on any atom is 0.190 e. The third-order valence-corrected chi connectivity index (χ3v) is 7.58. The van der Waals surface area contributed by atoms with E-state index < -0.39 is 5.60 Å². The van der Waals surface area contributed by atoms with E-state index in [1.54, 1.807) is 5.56 Å². The molecule has 23 heavy (non-hydrogen) atoms. The molecule has 4 heterocycles. The van der Waals surface area contributed by atoms with E-state index in [0.717, 1.165) is 18.1 Å².